The van der Waals surface area contributed by atoms with Crippen molar-refractivity contribution < 1.29 is 36.7 Å². The van der Waals surface area contributed by atoms with Gasteiger partial charge in [0.25, 0.3) is 10.1 Å². The number of aliphatic hydroxyl groups is 1. The predicted octanol–water partition coefficient (Wildman–Crippen LogP) is 0.463. The van der Waals surface area contributed by atoms with Crippen LogP contribution in [0.1, 0.15) is 5.56 Å². The first kappa shape index (κ1) is 20.2. The average Bonchev–Trinajstić information content (AvgIpc) is 2.59. The van der Waals surface area contributed by atoms with Gasteiger partial charge in [-0.3, -0.25) is 4.18 Å². The average molecular weight is 376 g/mol. The highest BCUT2D eigenvalue weighted by atomic mass is 32.2. The Morgan fingerprint density at radius 3 is 2.08 bits per heavy atom. The summed E-state index contributed by atoms with van der Waals surface area (Å²) in [5.41, 5.74) is 0.936. The molecular formula is C16H24O8S. The van der Waals surface area contributed by atoms with Crippen LogP contribution in [0.3, 0.4) is 0 Å². The van der Waals surface area contributed by atoms with E-state index in [4.69, 9.17) is 23.1 Å². The highest BCUT2D eigenvalue weighted by Gasteiger charge is 2.47. The van der Waals surface area contributed by atoms with E-state index in [9.17, 15) is 13.5 Å². The van der Waals surface area contributed by atoms with Gasteiger partial charge in [0.15, 0.2) is 6.29 Å². The molecule has 0 bridgehead atoms. The second-order valence-corrected chi connectivity index (χ2v) is 7.33. The van der Waals surface area contributed by atoms with Gasteiger partial charge in [-0.15, -0.1) is 0 Å². The van der Waals surface area contributed by atoms with E-state index >= 15 is 0 Å². The van der Waals surface area contributed by atoms with Gasteiger partial charge in [-0.05, 0) is 19.1 Å². The lowest BCUT2D eigenvalue weighted by Gasteiger charge is -2.42. The Bertz CT molecular complexity index is 645. The molecule has 0 saturated carbocycles. The molecule has 1 heterocycles. The zero-order valence-electron chi connectivity index (χ0n) is 14.6. The topological polar surface area (TPSA) is 101 Å². The predicted molar refractivity (Wildman–Crippen MR) is 87.6 cm³/mol. The number of benzene rings is 1. The van der Waals surface area contributed by atoms with E-state index in [0.717, 1.165) is 5.56 Å². The van der Waals surface area contributed by atoms with Crippen LogP contribution in [-0.2, 0) is 33.2 Å². The number of hydrogen-bond acceptors (Lipinski definition) is 8. The lowest BCUT2D eigenvalue weighted by molar-refractivity contribution is -0.298. The Labute approximate surface area is 147 Å². The molecule has 8 nitrogen and oxygen atoms in total. The summed E-state index contributed by atoms with van der Waals surface area (Å²) in [6.45, 7) is 1.52. The molecule has 1 aliphatic heterocycles. The van der Waals surface area contributed by atoms with Crippen LogP contribution in [0.25, 0.3) is 0 Å². The Morgan fingerprint density at radius 2 is 1.56 bits per heavy atom. The monoisotopic (exact) mass is 376 g/mol. The Hall–Kier alpha value is -1.07. The first-order valence-corrected chi connectivity index (χ1v) is 9.13. The van der Waals surface area contributed by atoms with Gasteiger partial charge < -0.3 is 24.1 Å². The molecule has 1 aromatic carbocycles. The van der Waals surface area contributed by atoms with Gasteiger partial charge in [-0.1, -0.05) is 17.7 Å². The molecule has 1 saturated heterocycles. The number of rotatable bonds is 7. The second-order valence-electron chi connectivity index (χ2n) is 5.72. The van der Waals surface area contributed by atoms with E-state index in [1.165, 1.54) is 33.5 Å². The Morgan fingerprint density at radius 1 is 1.00 bits per heavy atom. The van der Waals surface area contributed by atoms with Crippen LogP contribution in [0.15, 0.2) is 29.2 Å². The largest absolute Gasteiger partial charge is 0.376 e. The quantitative estimate of drug-likeness (QED) is 0.685. The van der Waals surface area contributed by atoms with E-state index in [2.05, 4.69) is 0 Å². The Kier molecular flexibility index (Phi) is 6.92. The lowest BCUT2D eigenvalue weighted by atomic mass is 9.99. The molecule has 2 rings (SSSR count). The summed E-state index contributed by atoms with van der Waals surface area (Å²) in [6, 6.07) is 6.29. The van der Waals surface area contributed by atoms with Crippen LogP contribution >= 0.6 is 0 Å². The van der Waals surface area contributed by atoms with Crippen molar-refractivity contribution in [2.24, 2.45) is 0 Å². The van der Waals surface area contributed by atoms with Crippen molar-refractivity contribution in [1.29, 1.82) is 0 Å². The fraction of sp³-hybridized carbons (Fsp3) is 0.625. The third-order valence-corrected chi connectivity index (χ3v) is 5.42. The van der Waals surface area contributed by atoms with Crippen molar-refractivity contribution in [2.45, 2.75) is 42.5 Å². The smallest absolute Gasteiger partial charge is 0.297 e. The summed E-state index contributed by atoms with van der Waals surface area (Å²) in [7, 11) is 0.336. The zero-order chi connectivity index (χ0) is 18.6. The van der Waals surface area contributed by atoms with Crippen LogP contribution in [0.5, 0.6) is 0 Å². The molecule has 5 atom stereocenters. The van der Waals surface area contributed by atoms with Crippen LogP contribution in [0, 0.1) is 6.92 Å². The molecule has 142 valence electrons. The maximum atomic E-state index is 12.3. The van der Waals surface area contributed by atoms with Crippen molar-refractivity contribution >= 4 is 10.1 Å². The third kappa shape index (κ3) is 4.56. The van der Waals surface area contributed by atoms with E-state index in [0.29, 0.717) is 0 Å². The lowest BCUT2D eigenvalue weighted by Crippen LogP contribution is -2.60. The molecule has 1 aliphatic rings. The number of hydrogen-bond donors (Lipinski definition) is 1. The first-order valence-electron chi connectivity index (χ1n) is 7.72. The minimum absolute atomic E-state index is 0.0430. The van der Waals surface area contributed by atoms with E-state index < -0.39 is 40.8 Å². The fourth-order valence-corrected chi connectivity index (χ4v) is 3.68. The number of aryl methyl sites for hydroxylation is 1. The molecule has 0 amide bonds. The number of aliphatic hydroxyl groups excluding tert-OH is 1. The van der Waals surface area contributed by atoms with Gasteiger partial charge in [0.2, 0.25) is 0 Å². The molecule has 0 aromatic heterocycles. The highest BCUT2D eigenvalue weighted by molar-refractivity contribution is 7.86. The summed E-state index contributed by atoms with van der Waals surface area (Å²) < 4.78 is 51.0. The molecular weight excluding hydrogens is 352 g/mol. The molecule has 5 unspecified atom stereocenters. The molecule has 25 heavy (non-hydrogen) atoms. The first-order chi connectivity index (χ1) is 11.8. The summed E-state index contributed by atoms with van der Waals surface area (Å²) in [5, 5.41) is 10.0. The van der Waals surface area contributed by atoms with E-state index in [-0.39, 0.29) is 11.5 Å². The summed E-state index contributed by atoms with van der Waals surface area (Å²) in [6.07, 6.45) is -4.23. The molecule has 0 aliphatic carbocycles. The normalized spacial score (nSPS) is 30.4. The third-order valence-electron chi connectivity index (χ3n) is 4.12. The minimum atomic E-state index is -3.96. The van der Waals surface area contributed by atoms with Crippen LogP contribution < -0.4 is 0 Å². The van der Waals surface area contributed by atoms with Gasteiger partial charge in [0.05, 0.1) is 11.5 Å². The van der Waals surface area contributed by atoms with Crippen LogP contribution in [-0.4, -0.2) is 72.2 Å². The SMILES string of the molecule is COC1C(O)OC(COS(=O)(=O)c2ccc(C)cc2)C(OC)C1OC. The molecule has 1 N–H and O–H groups in total. The van der Waals surface area contributed by atoms with E-state index in [1.807, 2.05) is 6.92 Å². The van der Waals surface area contributed by atoms with Crippen molar-refractivity contribution in [3.8, 4) is 0 Å². The summed E-state index contributed by atoms with van der Waals surface area (Å²) >= 11 is 0. The van der Waals surface area contributed by atoms with Crippen LogP contribution in [0.2, 0.25) is 0 Å². The maximum absolute atomic E-state index is 12.3. The van der Waals surface area contributed by atoms with Gasteiger partial charge >= 0.3 is 0 Å². The van der Waals surface area contributed by atoms with Crippen molar-refractivity contribution in [2.75, 3.05) is 27.9 Å². The minimum Gasteiger partial charge on any atom is -0.376 e. The van der Waals surface area contributed by atoms with E-state index in [1.54, 1.807) is 12.1 Å². The van der Waals surface area contributed by atoms with Gasteiger partial charge in [0.1, 0.15) is 24.4 Å². The molecule has 9 heteroatoms. The van der Waals surface area contributed by atoms with Crippen molar-refractivity contribution in [3.05, 3.63) is 29.8 Å². The van der Waals surface area contributed by atoms with Gasteiger partial charge in [0, 0.05) is 21.3 Å². The van der Waals surface area contributed by atoms with Gasteiger partial charge in [-0.2, -0.15) is 8.42 Å². The van der Waals surface area contributed by atoms with Crippen LogP contribution in [0.4, 0.5) is 0 Å². The second kappa shape index (κ2) is 8.54. The Balaban J connectivity index is 2.11. The summed E-state index contributed by atoms with van der Waals surface area (Å²) in [5.74, 6) is 0. The summed E-state index contributed by atoms with van der Waals surface area (Å²) in [4.78, 5) is 0.0430. The van der Waals surface area contributed by atoms with Crippen molar-refractivity contribution in [3.63, 3.8) is 0 Å². The number of ether oxygens (including phenoxy) is 4. The van der Waals surface area contributed by atoms with Gasteiger partial charge in [-0.25, -0.2) is 0 Å². The molecule has 0 spiro atoms. The van der Waals surface area contributed by atoms with Crippen molar-refractivity contribution in [1.82, 2.24) is 0 Å². The molecule has 1 fully saturated rings. The fourth-order valence-electron chi connectivity index (χ4n) is 2.76. The standard InChI is InChI=1S/C16H24O8S/c1-10-5-7-11(8-6-10)25(18,19)23-9-12-13(20-2)14(21-3)15(22-4)16(17)24-12/h5-8,12-17H,9H2,1-4H3. The molecule has 1 aromatic rings. The maximum Gasteiger partial charge on any atom is 0.297 e. The molecule has 0 radical (unpaired) electrons. The number of methoxy groups -OCH3 is 3. The highest BCUT2D eigenvalue weighted by Crippen LogP contribution is 2.27. The zero-order valence-corrected chi connectivity index (χ0v) is 15.4.